The minimum Gasteiger partial charge on any atom is -0.484 e. The molecule has 10 heteroatoms. The predicted molar refractivity (Wildman–Crippen MR) is 114 cm³/mol. The van der Waals surface area contributed by atoms with Gasteiger partial charge in [-0.15, -0.1) is 0 Å². The second-order valence-electron chi connectivity index (χ2n) is 9.73. The zero-order valence-corrected chi connectivity index (χ0v) is 19.5. The minimum atomic E-state index is -3.61. The Labute approximate surface area is 191 Å². The SMILES string of the molecule is CC(Oc1ccc(S(C)(=O)=O)cc1C(=O)N1CC2CC2(c2coc(C3CC3)n2)C1)C(C)(F)F. The summed E-state index contributed by atoms with van der Waals surface area (Å²) >= 11 is 0. The van der Waals surface area contributed by atoms with Gasteiger partial charge in [-0.1, -0.05) is 0 Å². The van der Waals surface area contributed by atoms with Gasteiger partial charge in [0.2, 0.25) is 0 Å². The first-order valence-corrected chi connectivity index (χ1v) is 12.9. The van der Waals surface area contributed by atoms with Crippen LogP contribution in [-0.4, -0.2) is 55.6 Å². The number of aromatic nitrogens is 1. The Balaban J connectivity index is 1.42. The third kappa shape index (κ3) is 4.02. The molecule has 1 amide bonds. The molecule has 1 aromatic carbocycles. The van der Waals surface area contributed by atoms with Crippen molar-refractivity contribution in [1.29, 1.82) is 0 Å². The van der Waals surface area contributed by atoms with Crippen LogP contribution in [0.3, 0.4) is 0 Å². The second kappa shape index (κ2) is 7.25. The van der Waals surface area contributed by atoms with Gasteiger partial charge in [-0.3, -0.25) is 4.79 Å². The van der Waals surface area contributed by atoms with E-state index >= 15 is 0 Å². The second-order valence-corrected chi connectivity index (χ2v) is 11.8. The zero-order valence-electron chi connectivity index (χ0n) is 18.7. The first-order valence-electron chi connectivity index (χ1n) is 11.0. The summed E-state index contributed by atoms with van der Waals surface area (Å²) < 4.78 is 62.7. The van der Waals surface area contributed by atoms with Crippen molar-refractivity contribution in [2.24, 2.45) is 5.92 Å². The number of piperidine rings is 1. The normalized spacial score (nSPS) is 25.6. The number of ether oxygens (including phenoxy) is 1. The summed E-state index contributed by atoms with van der Waals surface area (Å²) in [7, 11) is -3.61. The molecule has 0 radical (unpaired) electrons. The Morgan fingerprint density at radius 1 is 1.36 bits per heavy atom. The largest absolute Gasteiger partial charge is 0.484 e. The summed E-state index contributed by atoms with van der Waals surface area (Å²) in [6.45, 7) is 2.83. The Morgan fingerprint density at radius 3 is 2.73 bits per heavy atom. The topological polar surface area (TPSA) is 89.7 Å². The highest BCUT2D eigenvalue weighted by molar-refractivity contribution is 7.90. The summed E-state index contributed by atoms with van der Waals surface area (Å²) in [6, 6.07) is 3.75. The molecule has 3 aliphatic rings. The highest BCUT2D eigenvalue weighted by Gasteiger charge is 2.63. The van der Waals surface area contributed by atoms with Crippen LogP contribution in [0.2, 0.25) is 0 Å². The van der Waals surface area contributed by atoms with Crippen molar-refractivity contribution in [2.75, 3.05) is 19.3 Å². The first-order chi connectivity index (χ1) is 15.4. The molecule has 2 aromatic rings. The van der Waals surface area contributed by atoms with E-state index in [1.54, 1.807) is 11.2 Å². The summed E-state index contributed by atoms with van der Waals surface area (Å²) in [5.41, 5.74) is 0.556. The van der Waals surface area contributed by atoms with Gasteiger partial charge in [-0.05, 0) is 50.3 Å². The van der Waals surface area contributed by atoms with Crippen molar-refractivity contribution >= 4 is 15.7 Å². The van der Waals surface area contributed by atoms with Crippen molar-refractivity contribution < 1.29 is 31.1 Å². The number of fused-ring (bicyclic) bond motifs is 1. The van der Waals surface area contributed by atoms with Crippen LogP contribution in [-0.2, 0) is 15.3 Å². The van der Waals surface area contributed by atoms with Crippen molar-refractivity contribution in [2.45, 2.75) is 61.4 Å². The van der Waals surface area contributed by atoms with Crippen LogP contribution in [0.25, 0.3) is 0 Å². The molecule has 2 saturated carbocycles. The van der Waals surface area contributed by atoms with Crippen LogP contribution >= 0.6 is 0 Å². The lowest BCUT2D eigenvalue weighted by atomic mass is 10.0. The molecule has 3 fully saturated rings. The van der Waals surface area contributed by atoms with Crippen molar-refractivity contribution in [3.05, 3.63) is 41.6 Å². The number of halogens is 2. The average molecular weight is 481 g/mol. The summed E-state index contributed by atoms with van der Waals surface area (Å²) in [4.78, 5) is 19.7. The number of alkyl halides is 2. The predicted octanol–water partition coefficient (Wildman–Crippen LogP) is 3.79. The van der Waals surface area contributed by atoms with E-state index in [4.69, 9.17) is 9.15 Å². The molecule has 33 heavy (non-hydrogen) atoms. The Hall–Kier alpha value is -2.49. The van der Waals surface area contributed by atoms with E-state index in [1.807, 2.05) is 0 Å². The molecule has 0 N–H and O–H groups in total. The maximum absolute atomic E-state index is 13.7. The van der Waals surface area contributed by atoms with E-state index in [1.165, 1.54) is 25.1 Å². The van der Waals surface area contributed by atoms with Gasteiger partial charge in [0.25, 0.3) is 11.8 Å². The third-order valence-electron chi connectivity index (χ3n) is 7.02. The molecular formula is C23H26F2N2O5S. The number of hydrogen-bond acceptors (Lipinski definition) is 6. The molecule has 0 spiro atoms. The van der Waals surface area contributed by atoms with E-state index in [0.717, 1.165) is 44.0 Å². The van der Waals surface area contributed by atoms with Gasteiger partial charge >= 0.3 is 0 Å². The smallest absolute Gasteiger partial charge is 0.281 e. The van der Waals surface area contributed by atoms with Gasteiger partial charge in [0, 0.05) is 37.6 Å². The molecule has 2 aliphatic carbocycles. The van der Waals surface area contributed by atoms with E-state index < -0.39 is 27.8 Å². The first kappa shape index (κ1) is 22.3. The number of oxazole rings is 1. The summed E-state index contributed by atoms with van der Waals surface area (Å²) in [5.74, 6) is -2.26. The van der Waals surface area contributed by atoms with Crippen LogP contribution in [0.15, 0.2) is 33.8 Å². The quantitative estimate of drug-likeness (QED) is 0.599. The number of benzene rings is 1. The maximum Gasteiger partial charge on any atom is 0.281 e. The number of sulfone groups is 1. The number of likely N-dealkylation sites (tertiary alicyclic amines) is 1. The van der Waals surface area contributed by atoms with Crippen LogP contribution in [0.1, 0.15) is 61.0 Å². The Kier molecular flexibility index (Phi) is 4.90. The van der Waals surface area contributed by atoms with Gasteiger partial charge in [0.15, 0.2) is 21.8 Å². The van der Waals surface area contributed by atoms with Crippen LogP contribution in [0, 0.1) is 5.92 Å². The Bertz CT molecular complexity index is 1220. The van der Waals surface area contributed by atoms with Crippen LogP contribution in [0.4, 0.5) is 8.78 Å². The maximum atomic E-state index is 13.7. The van der Waals surface area contributed by atoms with Crippen LogP contribution in [0.5, 0.6) is 5.75 Å². The van der Waals surface area contributed by atoms with Crippen molar-refractivity contribution in [1.82, 2.24) is 9.88 Å². The molecule has 1 saturated heterocycles. The molecule has 1 aliphatic heterocycles. The molecule has 3 unspecified atom stereocenters. The molecule has 7 nitrogen and oxygen atoms in total. The highest BCUT2D eigenvalue weighted by Crippen LogP contribution is 2.59. The average Bonchev–Trinajstić information content (AvgIpc) is 3.61. The molecule has 1 aromatic heterocycles. The summed E-state index contributed by atoms with van der Waals surface area (Å²) in [6.07, 6.45) is 4.28. The fourth-order valence-electron chi connectivity index (χ4n) is 4.54. The number of amides is 1. The van der Waals surface area contributed by atoms with E-state index in [9.17, 15) is 22.0 Å². The number of nitrogens with zero attached hydrogens (tertiary/aromatic N) is 2. The van der Waals surface area contributed by atoms with Gasteiger partial charge in [0.1, 0.15) is 12.0 Å². The lowest BCUT2D eigenvalue weighted by molar-refractivity contribution is -0.0720. The highest BCUT2D eigenvalue weighted by atomic mass is 32.2. The molecular weight excluding hydrogens is 454 g/mol. The fourth-order valence-corrected chi connectivity index (χ4v) is 5.19. The van der Waals surface area contributed by atoms with E-state index in [2.05, 4.69) is 4.98 Å². The minimum absolute atomic E-state index is 0.0377. The van der Waals surface area contributed by atoms with E-state index in [-0.39, 0.29) is 27.5 Å². The Morgan fingerprint density at radius 2 is 2.09 bits per heavy atom. The van der Waals surface area contributed by atoms with Gasteiger partial charge < -0.3 is 14.1 Å². The molecule has 0 bridgehead atoms. The lowest BCUT2D eigenvalue weighted by Gasteiger charge is -2.25. The number of carbonyl (C=O) groups excluding carboxylic acids is 1. The fraction of sp³-hybridized carbons (Fsp3) is 0.565. The third-order valence-corrected chi connectivity index (χ3v) is 8.13. The summed E-state index contributed by atoms with van der Waals surface area (Å²) in [5, 5.41) is 0. The molecule has 2 heterocycles. The number of rotatable bonds is 7. The van der Waals surface area contributed by atoms with E-state index in [0.29, 0.717) is 19.0 Å². The number of carbonyl (C=O) groups is 1. The standard InChI is InChI=1S/C23H26F2N2O5S/c1-13(22(2,24)25)32-18-7-6-16(33(3,29)30)8-17(18)21(28)27-10-15-9-23(15,12-27)19-11-31-20(26-19)14-4-5-14/h6-8,11,13-15H,4-5,9-10,12H2,1-3H3. The van der Waals surface area contributed by atoms with Crippen LogP contribution < -0.4 is 4.74 Å². The molecule has 5 rings (SSSR count). The van der Waals surface area contributed by atoms with Crippen molar-refractivity contribution in [3.63, 3.8) is 0 Å². The van der Waals surface area contributed by atoms with Gasteiger partial charge in [-0.25, -0.2) is 22.2 Å². The zero-order chi connectivity index (χ0) is 23.8. The van der Waals surface area contributed by atoms with Gasteiger partial charge in [-0.2, -0.15) is 0 Å². The van der Waals surface area contributed by atoms with Gasteiger partial charge in [0.05, 0.1) is 16.2 Å². The monoisotopic (exact) mass is 480 g/mol. The molecule has 178 valence electrons. The van der Waals surface area contributed by atoms with Crippen molar-refractivity contribution in [3.8, 4) is 5.75 Å². The molecule has 3 atom stereocenters. The number of hydrogen-bond donors (Lipinski definition) is 0. The lowest BCUT2D eigenvalue weighted by Crippen LogP contribution is -2.35.